The molecule has 0 spiro atoms. The number of fused-ring (bicyclic) bond motifs is 1. The van der Waals surface area contributed by atoms with E-state index in [2.05, 4.69) is 20.4 Å². The summed E-state index contributed by atoms with van der Waals surface area (Å²) in [6.07, 6.45) is 1.66. The number of benzene rings is 2. The normalized spacial score (nSPS) is 14.1. The number of morpholine rings is 1. The summed E-state index contributed by atoms with van der Waals surface area (Å²) in [5.41, 5.74) is 1.85. The van der Waals surface area contributed by atoms with E-state index in [1.165, 1.54) is 0 Å². The van der Waals surface area contributed by atoms with Crippen molar-refractivity contribution in [2.75, 3.05) is 43.1 Å². The Morgan fingerprint density at radius 3 is 2.70 bits per heavy atom. The van der Waals surface area contributed by atoms with Gasteiger partial charge in [-0.2, -0.15) is 5.10 Å². The van der Waals surface area contributed by atoms with Crippen molar-refractivity contribution in [2.45, 2.75) is 0 Å². The van der Waals surface area contributed by atoms with E-state index >= 15 is 0 Å². The number of hydrogen-bond donors (Lipinski definition) is 1. The molecule has 0 radical (unpaired) electrons. The highest BCUT2D eigenvalue weighted by molar-refractivity contribution is 5.92. The number of carbonyl (C=O) groups is 1. The van der Waals surface area contributed by atoms with Crippen LogP contribution in [0.25, 0.3) is 10.8 Å². The Labute approximate surface area is 156 Å². The average Bonchev–Trinajstić information content (AvgIpc) is 2.73. The smallest absolute Gasteiger partial charge is 0.262 e. The lowest BCUT2D eigenvalue weighted by Crippen LogP contribution is -2.36. The fourth-order valence-electron chi connectivity index (χ4n) is 3.02. The molecule has 0 aliphatic carbocycles. The third-order valence-corrected chi connectivity index (χ3v) is 4.40. The van der Waals surface area contributed by atoms with Crippen LogP contribution in [0.1, 0.15) is 0 Å². The number of anilines is 2. The fourth-order valence-corrected chi connectivity index (χ4v) is 3.02. The maximum absolute atomic E-state index is 12.2. The Morgan fingerprint density at radius 2 is 1.89 bits per heavy atom. The summed E-state index contributed by atoms with van der Waals surface area (Å²) >= 11 is 0. The molecule has 0 saturated carbocycles. The Morgan fingerprint density at radius 1 is 1.11 bits per heavy atom. The number of carbonyl (C=O) groups excluding carboxylic acids is 1. The van der Waals surface area contributed by atoms with Crippen molar-refractivity contribution in [3.8, 4) is 5.88 Å². The highest BCUT2D eigenvalue weighted by Gasteiger charge is 2.12. The number of aromatic nitrogens is 2. The van der Waals surface area contributed by atoms with Gasteiger partial charge in [-0.05, 0) is 30.3 Å². The summed E-state index contributed by atoms with van der Waals surface area (Å²) in [5, 5.41) is 12.5. The predicted octanol–water partition coefficient (Wildman–Crippen LogP) is 2.48. The largest absolute Gasteiger partial charge is 0.466 e. The van der Waals surface area contributed by atoms with Crippen LogP contribution >= 0.6 is 0 Å². The van der Waals surface area contributed by atoms with E-state index in [1.54, 1.807) is 6.20 Å². The summed E-state index contributed by atoms with van der Waals surface area (Å²) < 4.78 is 10.9. The van der Waals surface area contributed by atoms with Gasteiger partial charge < -0.3 is 19.7 Å². The first kappa shape index (κ1) is 17.2. The minimum Gasteiger partial charge on any atom is -0.466 e. The van der Waals surface area contributed by atoms with Crippen LogP contribution in [-0.2, 0) is 9.53 Å². The zero-order chi connectivity index (χ0) is 18.5. The number of ether oxygens (including phenoxy) is 2. The van der Waals surface area contributed by atoms with Gasteiger partial charge in [0.05, 0.1) is 19.4 Å². The molecular formula is C20H20N4O3. The van der Waals surface area contributed by atoms with Gasteiger partial charge in [0.2, 0.25) is 5.88 Å². The molecule has 7 heteroatoms. The van der Waals surface area contributed by atoms with Crippen molar-refractivity contribution in [3.63, 3.8) is 0 Å². The molecule has 0 atom stereocenters. The molecule has 1 saturated heterocycles. The number of rotatable bonds is 5. The SMILES string of the molecule is O=C(COc1nncc2ccccc12)Nc1ccc(N2CCOCC2)cc1. The molecule has 0 unspecified atom stereocenters. The second-order valence-electron chi connectivity index (χ2n) is 6.22. The Bertz CT molecular complexity index is 919. The first-order chi connectivity index (χ1) is 13.3. The summed E-state index contributed by atoms with van der Waals surface area (Å²) in [5.74, 6) is 0.106. The minimum atomic E-state index is -0.246. The zero-order valence-electron chi connectivity index (χ0n) is 14.8. The molecule has 27 heavy (non-hydrogen) atoms. The number of amides is 1. The third kappa shape index (κ3) is 4.15. The topological polar surface area (TPSA) is 76.6 Å². The maximum Gasteiger partial charge on any atom is 0.262 e. The highest BCUT2D eigenvalue weighted by Crippen LogP contribution is 2.22. The van der Waals surface area contributed by atoms with Crippen LogP contribution < -0.4 is 15.0 Å². The van der Waals surface area contributed by atoms with E-state index in [-0.39, 0.29) is 12.5 Å². The lowest BCUT2D eigenvalue weighted by molar-refractivity contribution is -0.118. The van der Waals surface area contributed by atoms with E-state index in [9.17, 15) is 4.79 Å². The molecule has 1 aromatic heterocycles. The molecule has 1 amide bonds. The van der Waals surface area contributed by atoms with Crippen LogP contribution in [0.2, 0.25) is 0 Å². The molecule has 138 valence electrons. The van der Waals surface area contributed by atoms with E-state index < -0.39 is 0 Å². The maximum atomic E-state index is 12.2. The van der Waals surface area contributed by atoms with Gasteiger partial charge in [-0.1, -0.05) is 18.2 Å². The van der Waals surface area contributed by atoms with Crippen molar-refractivity contribution >= 4 is 28.1 Å². The van der Waals surface area contributed by atoms with Gasteiger partial charge in [0.25, 0.3) is 5.91 Å². The predicted molar refractivity (Wildman–Crippen MR) is 103 cm³/mol. The molecule has 2 aromatic carbocycles. The molecule has 1 N–H and O–H groups in total. The summed E-state index contributed by atoms with van der Waals surface area (Å²) in [6, 6.07) is 15.4. The van der Waals surface area contributed by atoms with Gasteiger partial charge in [0, 0.05) is 35.2 Å². The average molecular weight is 364 g/mol. The lowest BCUT2D eigenvalue weighted by Gasteiger charge is -2.28. The molecular weight excluding hydrogens is 344 g/mol. The van der Waals surface area contributed by atoms with Crippen molar-refractivity contribution in [3.05, 3.63) is 54.7 Å². The summed E-state index contributed by atoms with van der Waals surface area (Å²) in [6.45, 7) is 3.12. The monoisotopic (exact) mass is 364 g/mol. The molecule has 1 aliphatic heterocycles. The van der Waals surface area contributed by atoms with Gasteiger partial charge in [-0.15, -0.1) is 5.10 Å². The molecule has 7 nitrogen and oxygen atoms in total. The van der Waals surface area contributed by atoms with Gasteiger partial charge in [0.15, 0.2) is 6.61 Å². The molecule has 2 heterocycles. The van der Waals surface area contributed by atoms with Crippen LogP contribution in [0.4, 0.5) is 11.4 Å². The number of nitrogens with one attached hydrogen (secondary N) is 1. The first-order valence-corrected chi connectivity index (χ1v) is 8.85. The molecule has 4 rings (SSSR count). The van der Waals surface area contributed by atoms with Gasteiger partial charge in [0.1, 0.15) is 0 Å². The van der Waals surface area contributed by atoms with E-state index in [4.69, 9.17) is 9.47 Å². The fraction of sp³-hybridized carbons (Fsp3) is 0.250. The third-order valence-electron chi connectivity index (χ3n) is 4.40. The van der Waals surface area contributed by atoms with Crippen molar-refractivity contribution in [1.82, 2.24) is 10.2 Å². The molecule has 1 aliphatic rings. The Balaban J connectivity index is 1.35. The van der Waals surface area contributed by atoms with Gasteiger partial charge in [-0.3, -0.25) is 4.79 Å². The van der Waals surface area contributed by atoms with E-state index in [0.717, 1.165) is 48.5 Å². The van der Waals surface area contributed by atoms with Crippen molar-refractivity contribution < 1.29 is 14.3 Å². The zero-order valence-corrected chi connectivity index (χ0v) is 14.8. The van der Waals surface area contributed by atoms with Gasteiger partial charge in [-0.25, -0.2) is 0 Å². The Kier molecular flexibility index (Phi) is 5.11. The quantitative estimate of drug-likeness (QED) is 0.750. The first-order valence-electron chi connectivity index (χ1n) is 8.85. The van der Waals surface area contributed by atoms with E-state index in [1.807, 2.05) is 48.5 Å². The van der Waals surface area contributed by atoms with Crippen molar-refractivity contribution in [2.24, 2.45) is 0 Å². The number of hydrogen-bond acceptors (Lipinski definition) is 6. The summed E-state index contributed by atoms with van der Waals surface area (Å²) in [7, 11) is 0. The second kappa shape index (κ2) is 8.01. The van der Waals surface area contributed by atoms with Crippen LogP contribution in [0, 0.1) is 0 Å². The van der Waals surface area contributed by atoms with Crippen molar-refractivity contribution in [1.29, 1.82) is 0 Å². The molecule has 3 aromatic rings. The standard InChI is InChI=1S/C20H20N4O3/c25-19(14-27-20-18-4-2-1-3-15(18)13-21-23-20)22-16-5-7-17(8-6-16)24-9-11-26-12-10-24/h1-8,13H,9-12,14H2,(H,22,25). The highest BCUT2D eigenvalue weighted by atomic mass is 16.5. The Hall–Kier alpha value is -3.19. The second-order valence-corrected chi connectivity index (χ2v) is 6.22. The molecule has 1 fully saturated rings. The lowest BCUT2D eigenvalue weighted by atomic mass is 10.2. The van der Waals surface area contributed by atoms with E-state index in [0.29, 0.717) is 5.88 Å². The molecule has 0 bridgehead atoms. The minimum absolute atomic E-state index is 0.131. The van der Waals surface area contributed by atoms with Gasteiger partial charge >= 0.3 is 0 Å². The van der Waals surface area contributed by atoms with Crippen LogP contribution in [0.5, 0.6) is 5.88 Å². The number of nitrogens with zero attached hydrogens (tertiary/aromatic N) is 3. The van der Waals surface area contributed by atoms with Crippen LogP contribution in [-0.4, -0.2) is 49.0 Å². The van der Waals surface area contributed by atoms with Crippen LogP contribution in [0.3, 0.4) is 0 Å². The van der Waals surface area contributed by atoms with Crippen LogP contribution in [0.15, 0.2) is 54.7 Å². The summed E-state index contributed by atoms with van der Waals surface area (Å²) in [4.78, 5) is 14.5.